The largest absolute Gasteiger partial charge is 0.447 e. The Morgan fingerprint density at radius 3 is 2.44 bits per heavy atom. The molecule has 1 aromatic carbocycles. The number of ether oxygens (including phenoxy) is 1. The Morgan fingerprint density at radius 2 is 1.92 bits per heavy atom. The molecule has 2 rings (SSSR count). The van der Waals surface area contributed by atoms with Crippen LogP contribution in [0.1, 0.15) is 31.1 Å². The molecule has 1 aliphatic heterocycles. The van der Waals surface area contributed by atoms with Crippen LogP contribution in [0.15, 0.2) is 24.3 Å². The second-order valence-corrected chi connectivity index (χ2v) is 6.86. The van der Waals surface area contributed by atoms with Crippen LogP contribution in [-0.2, 0) is 16.0 Å². The van der Waals surface area contributed by atoms with Crippen molar-refractivity contribution in [1.82, 2.24) is 9.80 Å². The lowest BCUT2D eigenvalue weighted by molar-refractivity contribution is 0.0338. The summed E-state index contributed by atoms with van der Waals surface area (Å²) < 4.78 is 27.0. The number of hydrogen-bond donors (Lipinski definition) is 2. The molecule has 8 nitrogen and oxygen atoms in total. The normalized spacial score (nSPS) is 18.8. The van der Waals surface area contributed by atoms with E-state index in [0.29, 0.717) is 30.9 Å². The van der Waals surface area contributed by atoms with Crippen molar-refractivity contribution in [2.24, 2.45) is 0 Å². The van der Waals surface area contributed by atoms with Gasteiger partial charge < -0.3 is 14.5 Å². The molecule has 9 heteroatoms. The molecular formula is C16H23N3O5S. The first kappa shape index (κ1) is 19.2. The lowest BCUT2D eigenvalue weighted by atomic mass is 10.1. The van der Waals surface area contributed by atoms with Crippen molar-refractivity contribution < 1.29 is 23.1 Å². The van der Waals surface area contributed by atoms with Gasteiger partial charge >= 0.3 is 6.09 Å². The van der Waals surface area contributed by atoms with Crippen molar-refractivity contribution >= 4 is 29.0 Å². The van der Waals surface area contributed by atoms with Crippen molar-refractivity contribution in [3.05, 3.63) is 29.8 Å². The quantitative estimate of drug-likeness (QED) is 0.790. The molecule has 25 heavy (non-hydrogen) atoms. The zero-order chi connectivity index (χ0) is 18.6. The summed E-state index contributed by atoms with van der Waals surface area (Å²) in [6, 6.07) is 6.21. The molecule has 0 spiro atoms. The smallest absolute Gasteiger partial charge is 0.410 e. The Bertz CT molecular complexity index is 650. The van der Waals surface area contributed by atoms with E-state index in [4.69, 9.17) is 9.29 Å². The maximum absolute atomic E-state index is 12.7. The second-order valence-electron chi connectivity index (χ2n) is 6.15. The first-order valence-corrected chi connectivity index (χ1v) is 9.12. The zero-order valence-electron chi connectivity index (χ0n) is 14.5. The molecule has 1 aromatic rings. The summed E-state index contributed by atoms with van der Waals surface area (Å²) >= 11 is -2.15. The van der Waals surface area contributed by atoms with Crippen LogP contribution >= 0.6 is 0 Å². The number of carbonyl (C=O) groups excluding carboxylic acids is 2. The van der Waals surface area contributed by atoms with Crippen LogP contribution in [0.5, 0.6) is 0 Å². The summed E-state index contributed by atoms with van der Waals surface area (Å²) in [7, 11) is 0. The SMILES string of the molecule is CC(C)OC(=O)N1CCN(C(=O)c2ccc(NS(=O)O)cc2)[C@H](C)C1. The molecule has 0 aromatic heterocycles. The molecule has 1 heterocycles. The third-order valence-corrected chi connectivity index (χ3v) is 4.23. The van der Waals surface area contributed by atoms with Gasteiger partial charge in [-0.05, 0) is 45.0 Å². The van der Waals surface area contributed by atoms with Crippen LogP contribution in [0, 0.1) is 0 Å². The van der Waals surface area contributed by atoms with Crippen LogP contribution in [0.3, 0.4) is 0 Å². The number of piperazine rings is 1. The van der Waals surface area contributed by atoms with E-state index < -0.39 is 11.3 Å². The fourth-order valence-electron chi connectivity index (χ4n) is 2.65. The maximum Gasteiger partial charge on any atom is 0.410 e. The minimum absolute atomic E-state index is 0.135. The number of anilines is 1. The molecule has 0 saturated carbocycles. The number of hydrogen-bond acceptors (Lipinski definition) is 4. The molecule has 1 saturated heterocycles. The van der Waals surface area contributed by atoms with Crippen LogP contribution in [0.2, 0.25) is 0 Å². The number of rotatable bonds is 4. The second kappa shape index (κ2) is 8.30. The van der Waals surface area contributed by atoms with Gasteiger partial charge in [0, 0.05) is 36.9 Å². The average molecular weight is 369 g/mol. The number of carbonyl (C=O) groups is 2. The maximum atomic E-state index is 12.7. The molecule has 2 amide bonds. The highest BCUT2D eigenvalue weighted by Gasteiger charge is 2.31. The standard InChI is InChI=1S/C16H23N3O5S/c1-11(2)24-16(21)18-8-9-19(12(3)10-18)15(20)13-4-6-14(7-5-13)17-25(22)23/h4-7,11-12,17H,8-10H2,1-3H3,(H,22,23)/t12-/m1/s1. The Balaban J connectivity index is 1.99. The number of nitrogens with one attached hydrogen (secondary N) is 1. The monoisotopic (exact) mass is 369 g/mol. The van der Waals surface area contributed by atoms with Crippen molar-refractivity contribution in [2.75, 3.05) is 24.4 Å². The summed E-state index contributed by atoms with van der Waals surface area (Å²) in [5, 5.41) is 0. The Hall–Kier alpha value is -2.13. The third kappa shape index (κ3) is 5.17. The molecule has 138 valence electrons. The molecule has 1 unspecified atom stereocenters. The van der Waals surface area contributed by atoms with Crippen molar-refractivity contribution in [3.63, 3.8) is 0 Å². The summed E-state index contributed by atoms with van der Waals surface area (Å²) in [5.74, 6) is -0.138. The summed E-state index contributed by atoms with van der Waals surface area (Å²) in [6.07, 6.45) is -0.538. The van der Waals surface area contributed by atoms with E-state index in [1.807, 2.05) is 6.92 Å². The van der Waals surface area contributed by atoms with Gasteiger partial charge in [0.25, 0.3) is 17.2 Å². The van der Waals surface area contributed by atoms with E-state index in [1.54, 1.807) is 47.9 Å². The van der Waals surface area contributed by atoms with Crippen LogP contribution in [-0.4, -0.2) is 62.3 Å². The highest BCUT2D eigenvalue weighted by atomic mass is 32.2. The lowest BCUT2D eigenvalue weighted by Gasteiger charge is -2.39. The summed E-state index contributed by atoms with van der Waals surface area (Å²) in [4.78, 5) is 28.0. The van der Waals surface area contributed by atoms with Gasteiger partial charge in [-0.1, -0.05) is 0 Å². The molecule has 1 fully saturated rings. The van der Waals surface area contributed by atoms with E-state index in [0.717, 1.165) is 0 Å². The first-order valence-electron chi connectivity index (χ1n) is 8.02. The predicted octanol–water partition coefficient (Wildman–Crippen LogP) is 1.93. The highest BCUT2D eigenvalue weighted by Crippen LogP contribution is 2.17. The highest BCUT2D eigenvalue weighted by molar-refractivity contribution is 7.80. The Labute approximate surface area is 149 Å². The number of nitrogens with zero attached hydrogens (tertiary/aromatic N) is 2. The van der Waals surface area contributed by atoms with Gasteiger partial charge in [0.15, 0.2) is 0 Å². The Kier molecular flexibility index (Phi) is 6.38. The molecule has 1 aliphatic rings. The average Bonchev–Trinajstić information content (AvgIpc) is 2.53. The lowest BCUT2D eigenvalue weighted by Crippen LogP contribution is -2.55. The van der Waals surface area contributed by atoms with Gasteiger partial charge in [-0.25, -0.2) is 9.00 Å². The van der Waals surface area contributed by atoms with Gasteiger partial charge in [0.2, 0.25) is 0 Å². The zero-order valence-corrected chi connectivity index (χ0v) is 15.3. The first-order chi connectivity index (χ1) is 11.8. The van der Waals surface area contributed by atoms with Crippen molar-refractivity contribution in [3.8, 4) is 0 Å². The van der Waals surface area contributed by atoms with Gasteiger partial charge in [-0.3, -0.25) is 14.1 Å². The molecule has 2 N–H and O–H groups in total. The topological polar surface area (TPSA) is 99.2 Å². The van der Waals surface area contributed by atoms with E-state index in [-0.39, 0.29) is 24.1 Å². The van der Waals surface area contributed by atoms with Crippen molar-refractivity contribution in [1.29, 1.82) is 0 Å². The molecule has 2 atom stereocenters. The summed E-state index contributed by atoms with van der Waals surface area (Å²) in [6.45, 7) is 6.74. The molecule has 0 aliphatic carbocycles. The number of amides is 2. The van der Waals surface area contributed by atoms with E-state index in [2.05, 4.69) is 4.72 Å². The van der Waals surface area contributed by atoms with Crippen LogP contribution in [0.25, 0.3) is 0 Å². The molecule has 0 bridgehead atoms. The minimum atomic E-state index is -2.15. The predicted molar refractivity (Wildman–Crippen MR) is 94.5 cm³/mol. The third-order valence-electron chi connectivity index (χ3n) is 3.82. The van der Waals surface area contributed by atoms with E-state index in [9.17, 15) is 13.8 Å². The summed E-state index contributed by atoms with van der Waals surface area (Å²) in [5.41, 5.74) is 0.936. The number of benzene rings is 1. The fourth-order valence-corrected chi connectivity index (χ4v) is 2.99. The minimum Gasteiger partial charge on any atom is -0.447 e. The Morgan fingerprint density at radius 1 is 1.28 bits per heavy atom. The van der Waals surface area contributed by atoms with Gasteiger partial charge in [0.1, 0.15) is 0 Å². The van der Waals surface area contributed by atoms with E-state index >= 15 is 0 Å². The van der Waals surface area contributed by atoms with Crippen molar-refractivity contribution in [2.45, 2.75) is 32.9 Å². The fraction of sp³-hybridized carbons (Fsp3) is 0.500. The van der Waals surface area contributed by atoms with Gasteiger partial charge in [0.05, 0.1) is 6.10 Å². The molecular weight excluding hydrogens is 346 g/mol. The van der Waals surface area contributed by atoms with Gasteiger partial charge in [-0.15, -0.1) is 0 Å². The molecule has 0 radical (unpaired) electrons. The van der Waals surface area contributed by atoms with Crippen LogP contribution in [0.4, 0.5) is 10.5 Å². The van der Waals surface area contributed by atoms with Gasteiger partial charge in [-0.2, -0.15) is 0 Å². The van der Waals surface area contributed by atoms with E-state index in [1.165, 1.54) is 0 Å². The van der Waals surface area contributed by atoms with Crippen LogP contribution < -0.4 is 4.72 Å².